The summed E-state index contributed by atoms with van der Waals surface area (Å²) < 4.78 is 5.77. The number of nitrogens with one attached hydrogen (secondary N) is 1. The summed E-state index contributed by atoms with van der Waals surface area (Å²) >= 11 is 0. The first kappa shape index (κ1) is 15.9. The van der Waals surface area contributed by atoms with Gasteiger partial charge in [0.05, 0.1) is 12.7 Å². The minimum atomic E-state index is 0.338. The first-order valence-corrected chi connectivity index (χ1v) is 7.00. The predicted octanol–water partition coefficient (Wildman–Crippen LogP) is 3.61. The average Bonchev–Trinajstić information content (AvgIpc) is 2.24. The SMILES string of the molecule is CCCC(CCC)C(COC(C)C)NCC. The molecule has 1 atom stereocenters. The van der Waals surface area contributed by atoms with Crippen molar-refractivity contribution in [1.29, 1.82) is 0 Å². The summed E-state index contributed by atoms with van der Waals surface area (Å²) in [7, 11) is 0. The van der Waals surface area contributed by atoms with E-state index in [2.05, 4.69) is 39.9 Å². The summed E-state index contributed by atoms with van der Waals surface area (Å²) in [6.07, 6.45) is 5.51. The number of hydrogen-bond acceptors (Lipinski definition) is 2. The lowest BCUT2D eigenvalue weighted by Gasteiger charge is -2.28. The second-order valence-corrected chi connectivity index (χ2v) is 4.88. The van der Waals surface area contributed by atoms with Crippen molar-refractivity contribution in [2.75, 3.05) is 13.2 Å². The fourth-order valence-corrected chi connectivity index (χ4v) is 2.21. The average molecular weight is 229 g/mol. The van der Waals surface area contributed by atoms with Gasteiger partial charge in [-0.1, -0.05) is 33.6 Å². The van der Waals surface area contributed by atoms with Crippen molar-refractivity contribution < 1.29 is 4.74 Å². The van der Waals surface area contributed by atoms with E-state index >= 15 is 0 Å². The number of rotatable bonds is 10. The van der Waals surface area contributed by atoms with E-state index in [1.54, 1.807) is 0 Å². The molecule has 0 fully saturated rings. The van der Waals surface area contributed by atoms with Crippen LogP contribution in [0.5, 0.6) is 0 Å². The first-order valence-electron chi connectivity index (χ1n) is 7.00. The molecule has 0 aromatic heterocycles. The fraction of sp³-hybridized carbons (Fsp3) is 1.00. The third kappa shape index (κ3) is 7.24. The minimum absolute atomic E-state index is 0.338. The van der Waals surface area contributed by atoms with Crippen LogP contribution >= 0.6 is 0 Å². The van der Waals surface area contributed by atoms with Crippen LogP contribution in [0.15, 0.2) is 0 Å². The summed E-state index contributed by atoms with van der Waals surface area (Å²) in [4.78, 5) is 0. The van der Waals surface area contributed by atoms with Crippen LogP contribution in [0, 0.1) is 5.92 Å². The summed E-state index contributed by atoms with van der Waals surface area (Å²) in [6, 6.07) is 0.535. The molecule has 2 heteroatoms. The molecule has 0 radical (unpaired) electrons. The van der Waals surface area contributed by atoms with Crippen LogP contribution in [-0.4, -0.2) is 25.3 Å². The van der Waals surface area contributed by atoms with Gasteiger partial charge < -0.3 is 10.1 Å². The summed E-state index contributed by atoms with van der Waals surface area (Å²) in [5.41, 5.74) is 0. The molecular formula is C14H31NO. The second-order valence-electron chi connectivity index (χ2n) is 4.88. The molecule has 0 aliphatic carbocycles. The Hall–Kier alpha value is -0.0800. The molecule has 0 saturated carbocycles. The van der Waals surface area contributed by atoms with Crippen molar-refractivity contribution in [1.82, 2.24) is 5.32 Å². The molecular weight excluding hydrogens is 198 g/mol. The Morgan fingerprint density at radius 2 is 1.56 bits per heavy atom. The van der Waals surface area contributed by atoms with E-state index in [1.807, 2.05) is 0 Å². The highest BCUT2D eigenvalue weighted by atomic mass is 16.5. The van der Waals surface area contributed by atoms with Gasteiger partial charge in [0, 0.05) is 6.04 Å². The van der Waals surface area contributed by atoms with Gasteiger partial charge in [-0.25, -0.2) is 0 Å². The van der Waals surface area contributed by atoms with Gasteiger partial charge in [0.25, 0.3) is 0 Å². The van der Waals surface area contributed by atoms with Crippen LogP contribution in [-0.2, 0) is 4.74 Å². The monoisotopic (exact) mass is 229 g/mol. The van der Waals surface area contributed by atoms with Gasteiger partial charge in [-0.05, 0) is 39.2 Å². The highest BCUT2D eigenvalue weighted by Gasteiger charge is 2.19. The zero-order valence-electron chi connectivity index (χ0n) is 11.9. The van der Waals surface area contributed by atoms with Crippen molar-refractivity contribution in [2.45, 2.75) is 72.4 Å². The molecule has 1 unspecified atom stereocenters. The van der Waals surface area contributed by atoms with Crippen LogP contribution in [0.2, 0.25) is 0 Å². The van der Waals surface area contributed by atoms with E-state index in [1.165, 1.54) is 25.7 Å². The van der Waals surface area contributed by atoms with Gasteiger partial charge >= 0.3 is 0 Å². The lowest BCUT2D eigenvalue weighted by atomic mass is 9.90. The molecule has 0 amide bonds. The van der Waals surface area contributed by atoms with Gasteiger partial charge in [-0.2, -0.15) is 0 Å². The number of likely N-dealkylation sites (N-methyl/N-ethyl adjacent to an activating group) is 1. The standard InChI is InChI=1S/C14H31NO/c1-6-9-13(10-7-2)14(15-8-3)11-16-12(4)5/h12-15H,6-11H2,1-5H3. The maximum absolute atomic E-state index is 5.77. The van der Waals surface area contributed by atoms with E-state index in [0.29, 0.717) is 12.1 Å². The molecule has 0 rings (SSSR count). The predicted molar refractivity (Wildman–Crippen MR) is 71.9 cm³/mol. The Kier molecular flexibility index (Phi) is 10.0. The molecule has 1 N–H and O–H groups in total. The van der Waals surface area contributed by atoms with E-state index < -0.39 is 0 Å². The first-order chi connectivity index (χ1) is 7.65. The molecule has 0 aliphatic heterocycles. The van der Waals surface area contributed by atoms with Crippen molar-refractivity contribution >= 4 is 0 Å². The largest absolute Gasteiger partial charge is 0.377 e. The molecule has 16 heavy (non-hydrogen) atoms. The van der Waals surface area contributed by atoms with Crippen LogP contribution < -0.4 is 5.32 Å². The summed E-state index contributed by atoms with van der Waals surface area (Å²) in [5, 5.41) is 3.58. The van der Waals surface area contributed by atoms with Crippen molar-refractivity contribution in [3.8, 4) is 0 Å². The Morgan fingerprint density at radius 3 is 1.94 bits per heavy atom. The smallest absolute Gasteiger partial charge is 0.0625 e. The van der Waals surface area contributed by atoms with E-state index in [9.17, 15) is 0 Å². The third-order valence-corrected chi connectivity index (χ3v) is 2.96. The Labute approximate surface area is 102 Å². The highest BCUT2D eigenvalue weighted by Crippen LogP contribution is 2.18. The van der Waals surface area contributed by atoms with Gasteiger partial charge in [0.1, 0.15) is 0 Å². The second kappa shape index (κ2) is 10.1. The number of ether oxygens (including phenoxy) is 1. The molecule has 0 saturated heterocycles. The Balaban J connectivity index is 4.19. The maximum atomic E-state index is 5.77. The zero-order chi connectivity index (χ0) is 12.4. The van der Waals surface area contributed by atoms with Crippen LogP contribution in [0.4, 0.5) is 0 Å². The fourth-order valence-electron chi connectivity index (χ4n) is 2.21. The molecule has 0 spiro atoms. The van der Waals surface area contributed by atoms with Crippen molar-refractivity contribution in [3.05, 3.63) is 0 Å². The molecule has 2 nitrogen and oxygen atoms in total. The minimum Gasteiger partial charge on any atom is -0.377 e. The van der Waals surface area contributed by atoms with Crippen LogP contribution in [0.25, 0.3) is 0 Å². The van der Waals surface area contributed by atoms with Crippen LogP contribution in [0.3, 0.4) is 0 Å². The molecule has 0 heterocycles. The van der Waals surface area contributed by atoms with Crippen molar-refractivity contribution in [3.63, 3.8) is 0 Å². The van der Waals surface area contributed by atoms with E-state index in [4.69, 9.17) is 4.74 Å². The highest BCUT2D eigenvalue weighted by molar-refractivity contribution is 4.75. The van der Waals surface area contributed by atoms with Gasteiger partial charge in [0.15, 0.2) is 0 Å². The summed E-state index contributed by atoms with van der Waals surface area (Å²) in [5.74, 6) is 0.772. The van der Waals surface area contributed by atoms with E-state index in [0.717, 1.165) is 19.1 Å². The Bertz CT molecular complexity index is 142. The molecule has 98 valence electrons. The Morgan fingerprint density at radius 1 is 1.00 bits per heavy atom. The third-order valence-electron chi connectivity index (χ3n) is 2.96. The van der Waals surface area contributed by atoms with Gasteiger partial charge in [-0.15, -0.1) is 0 Å². The van der Waals surface area contributed by atoms with E-state index in [-0.39, 0.29) is 0 Å². The zero-order valence-corrected chi connectivity index (χ0v) is 11.9. The van der Waals surface area contributed by atoms with Gasteiger partial charge in [-0.3, -0.25) is 0 Å². The van der Waals surface area contributed by atoms with Crippen LogP contribution in [0.1, 0.15) is 60.3 Å². The molecule has 0 aromatic carbocycles. The quantitative estimate of drug-likeness (QED) is 0.618. The molecule has 0 aromatic rings. The number of hydrogen-bond donors (Lipinski definition) is 1. The molecule has 0 bridgehead atoms. The normalized spacial score (nSPS) is 13.7. The molecule has 0 aliphatic rings. The maximum Gasteiger partial charge on any atom is 0.0625 e. The lowest BCUT2D eigenvalue weighted by molar-refractivity contribution is 0.0459. The van der Waals surface area contributed by atoms with Gasteiger partial charge in [0.2, 0.25) is 0 Å². The topological polar surface area (TPSA) is 21.3 Å². The lowest BCUT2D eigenvalue weighted by Crippen LogP contribution is -2.40. The van der Waals surface area contributed by atoms with Crippen molar-refractivity contribution in [2.24, 2.45) is 5.92 Å². The summed E-state index contributed by atoms with van der Waals surface area (Å²) in [6.45, 7) is 12.8.